The fourth-order valence-corrected chi connectivity index (χ4v) is 2.72. The Balaban J connectivity index is 2.24. The van der Waals surface area contributed by atoms with E-state index < -0.39 is 0 Å². The number of carbonyl (C=O) groups excluding carboxylic acids is 1. The van der Waals surface area contributed by atoms with E-state index in [4.69, 9.17) is 33.7 Å². The van der Waals surface area contributed by atoms with Crippen LogP contribution in [0.1, 0.15) is 24.2 Å². The van der Waals surface area contributed by atoms with Crippen LogP contribution in [0.25, 0.3) is 0 Å². The molecular formula is C13H16Cl2N2O2. The maximum absolute atomic E-state index is 12.4. The highest BCUT2D eigenvalue weighted by Gasteiger charge is 2.27. The Morgan fingerprint density at radius 1 is 1.26 bits per heavy atom. The zero-order chi connectivity index (χ0) is 14.2. The van der Waals surface area contributed by atoms with E-state index in [0.717, 1.165) is 0 Å². The van der Waals surface area contributed by atoms with Crippen LogP contribution in [0.2, 0.25) is 10.0 Å². The van der Waals surface area contributed by atoms with Crippen molar-refractivity contribution in [2.75, 3.05) is 18.8 Å². The molecule has 4 nitrogen and oxygen atoms in total. The molecule has 1 amide bonds. The number of amides is 1. The molecule has 0 aliphatic carbocycles. The van der Waals surface area contributed by atoms with Gasteiger partial charge in [-0.2, -0.15) is 0 Å². The number of benzene rings is 1. The molecule has 19 heavy (non-hydrogen) atoms. The molecule has 2 N–H and O–H groups in total. The standard InChI is InChI=1S/C13H16Cl2N2O2/c1-7-5-17(6-8(2)19-7)13(18)9-3-10(14)12(16)11(15)4-9/h3-4,7-8H,5-6,16H2,1-2H3. The number of nitrogen functional groups attached to an aromatic ring is 1. The molecule has 6 heteroatoms. The van der Waals surface area contributed by atoms with Crippen molar-refractivity contribution in [3.63, 3.8) is 0 Å². The van der Waals surface area contributed by atoms with Gasteiger partial charge in [-0.05, 0) is 26.0 Å². The highest BCUT2D eigenvalue weighted by atomic mass is 35.5. The van der Waals surface area contributed by atoms with Crippen LogP contribution in [-0.4, -0.2) is 36.1 Å². The maximum Gasteiger partial charge on any atom is 0.254 e. The third kappa shape index (κ3) is 3.14. The second-order valence-electron chi connectivity index (χ2n) is 4.82. The Hall–Kier alpha value is -0.970. The van der Waals surface area contributed by atoms with Gasteiger partial charge >= 0.3 is 0 Å². The van der Waals surface area contributed by atoms with E-state index in [0.29, 0.717) is 34.4 Å². The second-order valence-corrected chi connectivity index (χ2v) is 5.64. The molecule has 1 aromatic rings. The maximum atomic E-state index is 12.4. The largest absolute Gasteiger partial charge is 0.396 e. The zero-order valence-corrected chi connectivity index (χ0v) is 12.3. The van der Waals surface area contributed by atoms with Crippen molar-refractivity contribution in [3.8, 4) is 0 Å². The van der Waals surface area contributed by atoms with E-state index in [1.54, 1.807) is 17.0 Å². The van der Waals surface area contributed by atoms with Crippen LogP contribution in [0.15, 0.2) is 12.1 Å². The van der Waals surface area contributed by atoms with Crippen LogP contribution in [-0.2, 0) is 4.74 Å². The quantitative estimate of drug-likeness (QED) is 0.812. The van der Waals surface area contributed by atoms with Crippen molar-refractivity contribution in [2.45, 2.75) is 26.1 Å². The van der Waals surface area contributed by atoms with Crippen LogP contribution < -0.4 is 5.73 Å². The van der Waals surface area contributed by atoms with Crippen molar-refractivity contribution in [3.05, 3.63) is 27.7 Å². The molecule has 1 aliphatic heterocycles. The van der Waals surface area contributed by atoms with Crippen LogP contribution in [0.5, 0.6) is 0 Å². The summed E-state index contributed by atoms with van der Waals surface area (Å²) in [6.07, 6.45) is 0.0415. The predicted octanol–water partition coefficient (Wildman–Crippen LogP) is 2.83. The van der Waals surface area contributed by atoms with Crippen LogP contribution in [0.4, 0.5) is 5.69 Å². The Labute approximate surface area is 122 Å². The van der Waals surface area contributed by atoms with E-state index in [1.807, 2.05) is 13.8 Å². The second kappa shape index (κ2) is 5.57. The zero-order valence-electron chi connectivity index (χ0n) is 10.8. The van der Waals surface area contributed by atoms with Crippen molar-refractivity contribution >= 4 is 34.8 Å². The number of nitrogens with zero attached hydrogens (tertiary/aromatic N) is 1. The van der Waals surface area contributed by atoms with Gasteiger partial charge in [-0.1, -0.05) is 23.2 Å². The van der Waals surface area contributed by atoms with Crippen molar-refractivity contribution in [2.24, 2.45) is 0 Å². The summed E-state index contributed by atoms with van der Waals surface area (Å²) in [5.74, 6) is -0.106. The number of nitrogens with two attached hydrogens (primary N) is 1. The summed E-state index contributed by atoms with van der Waals surface area (Å²) in [7, 11) is 0. The molecule has 1 fully saturated rings. The molecule has 0 radical (unpaired) electrons. The molecule has 1 saturated heterocycles. The van der Waals surface area contributed by atoms with Crippen LogP contribution >= 0.6 is 23.2 Å². The fraction of sp³-hybridized carbons (Fsp3) is 0.462. The summed E-state index contributed by atoms with van der Waals surface area (Å²) in [6.45, 7) is 5.00. The van der Waals surface area contributed by atoms with Gasteiger partial charge < -0.3 is 15.4 Å². The minimum absolute atomic E-state index is 0.0208. The minimum Gasteiger partial charge on any atom is -0.396 e. The fourth-order valence-electron chi connectivity index (χ4n) is 2.23. The Morgan fingerprint density at radius 3 is 2.21 bits per heavy atom. The van der Waals surface area contributed by atoms with E-state index in [9.17, 15) is 4.79 Å². The van der Waals surface area contributed by atoms with E-state index in [1.165, 1.54) is 0 Å². The first kappa shape index (κ1) is 14.4. The van der Waals surface area contributed by atoms with Crippen molar-refractivity contribution in [1.29, 1.82) is 0 Å². The molecule has 1 heterocycles. The molecule has 0 spiro atoms. The Morgan fingerprint density at radius 2 is 1.74 bits per heavy atom. The lowest BCUT2D eigenvalue weighted by atomic mass is 10.1. The van der Waals surface area contributed by atoms with Gasteiger partial charge in [0.1, 0.15) is 0 Å². The molecular weight excluding hydrogens is 287 g/mol. The predicted molar refractivity (Wildman–Crippen MR) is 76.8 cm³/mol. The number of ether oxygens (including phenoxy) is 1. The number of hydrogen-bond acceptors (Lipinski definition) is 3. The van der Waals surface area contributed by atoms with Gasteiger partial charge in [-0.15, -0.1) is 0 Å². The summed E-state index contributed by atoms with van der Waals surface area (Å²) < 4.78 is 5.60. The number of rotatable bonds is 1. The molecule has 104 valence electrons. The molecule has 2 rings (SSSR count). The molecule has 1 aliphatic rings. The summed E-state index contributed by atoms with van der Waals surface area (Å²) in [4.78, 5) is 14.2. The molecule has 0 saturated carbocycles. The van der Waals surface area contributed by atoms with Gasteiger partial charge in [0, 0.05) is 18.7 Å². The van der Waals surface area contributed by atoms with Crippen LogP contribution in [0, 0.1) is 0 Å². The lowest BCUT2D eigenvalue weighted by Crippen LogP contribution is -2.48. The normalized spacial score (nSPS) is 23.5. The third-order valence-corrected chi connectivity index (χ3v) is 3.66. The number of carbonyl (C=O) groups is 1. The first-order valence-electron chi connectivity index (χ1n) is 6.07. The monoisotopic (exact) mass is 302 g/mol. The minimum atomic E-state index is -0.106. The number of anilines is 1. The SMILES string of the molecule is CC1CN(C(=O)c2cc(Cl)c(N)c(Cl)c2)CC(C)O1. The molecule has 2 atom stereocenters. The lowest BCUT2D eigenvalue weighted by molar-refractivity contribution is -0.0586. The summed E-state index contributed by atoms with van der Waals surface area (Å²) in [5.41, 5.74) is 6.41. The Kier molecular flexibility index (Phi) is 4.23. The van der Waals surface area contributed by atoms with Gasteiger partial charge in [0.2, 0.25) is 0 Å². The first-order valence-corrected chi connectivity index (χ1v) is 6.83. The van der Waals surface area contributed by atoms with E-state index in [2.05, 4.69) is 0 Å². The summed E-state index contributed by atoms with van der Waals surface area (Å²) in [5, 5.41) is 0.593. The van der Waals surface area contributed by atoms with Crippen molar-refractivity contribution in [1.82, 2.24) is 4.90 Å². The highest BCUT2D eigenvalue weighted by molar-refractivity contribution is 6.39. The van der Waals surface area contributed by atoms with E-state index in [-0.39, 0.29) is 18.1 Å². The number of morpholine rings is 1. The van der Waals surface area contributed by atoms with Crippen LogP contribution in [0.3, 0.4) is 0 Å². The molecule has 2 unspecified atom stereocenters. The van der Waals surface area contributed by atoms with Gasteiger partial charge in [-0.3, -0.25) is 4.79 Å². The average Bonchev–Trinajstić information content (AvgIpc) is 2.33. The van der Waals surface area contributed by atoms with E-state index >= 15 is 0 Å². The van der Waals surface area contributed by atoms with Gasteiger partial charge in [0.15, 0.2) is 0 Å². The lowest BCUT2D eigenvalue weighted by Gasteiger charge is -2.35. The summed E-state index contributed by atoms with van der Waals surface area (Å²) >= 11 is 11.9. The summed E-state index contributed by atoms with van der Waals surface area (Å²) in [6, 6.07) is 3.10. The third-order valence-electron chi connectivity index (χ3n) is 3.03. The van der Waals surface area contributed by atoms with Gasteiger partial charge in [0.25, 0.3) is 5.91 Å². The Bertz CT molecular complexity index is 474. The van der Waals surface area contributed by atoms with Gasteiger partial charge in [0.05, 0.1) is 27.9 Å². The molecule has 0 aromatic heterocycles. The molecule has 0 bridgehead atoms. The van der Waals surface area contributed by atoms with Crippen molar-refractivity contribution < 1.29 is 9.53 Å². The average molecular weight is 303 g/mol. The smallest absolute Gasteiger partial charge is 0.254 e. The topological polar surface area (TPSA) is 55.6 Å². The highest BCUT2D eigenvalue weighted by Crippen LogP contribution is 2.29. The van der Waals surface area contributed by atoms with Gasteiger partial charge in [-0.25, -0.2) is 0 Å². The molecule has 1 aromatic carbocycles. The first-order chi connectivity index (χ1) is 8.88. The number of halogens is 2. The number of hydrogen-bond donors (Lipinski definition) is 1.